The number of hydrogen-bond donors (Lipinski definition) is 1. The highest BCUT2D eigenvalue weighted by atomic mass is 16.5. The number of fused-ring (bicyclic) bond motifs is 1. The van der Waals surface area contributed by atoms with Gasteiger partial charge in [0.05, 0.1) is 5.39 Å². The molecule has 3 aromatic rings. The highest BCUT2D eigenvalue weighted by Gasteiger charge is 2.23. The van der Waals surface area contributed by atoms with Gasteiger partial charge in [0, 0.05) is 44.5 Å². The summed E-state index contributed by atoms with van der Waals surface area (Å²) < 4.78 is 6.65. The Kier molecular flexibility index (Phi) is 4.67. The molecule has 142 valence electrons. The molecular formula is C19H23N5O3. The largest absolute Gasteiger partial charge is 0.354 e. The van der Waals surface area contributed by atoms with Crippen molar-refractivity contribution in [2.75, 3.05) is 26.2 Å². The molecule has 0 amide bonds. The van der Waals surface area contributed by atoms with Crippen LogP contribution in [0.4, 0.5) is 0 Å². The summed E-state index contributed by atoms with van der Waals surface area (Å²) in [5, 5.41) is 4.78. The molecule has 0 bridgehead atoms. The molecule has 1 unspecified atom stereocenters. The summed E-state index contributed by atoms with van der Waals surface area (Å²) in [4.78, 5) is 30.6. The van der Waals surface area contributed by atoms with Crippen LogP contribution in [-0.2, 0) is 6.54 Å². The molecule has 1 atom stereocenters. The standard InChI is InChI=1S/C19H23N5O3/c1-3-22-8-9-23(13(2)11-22)12-14-4-5-16-15(10-14)18(21-27-16)24-7-6-17(25)20-19(24)26/h4-7,10,13H,3,8-9,11-12H2,1-2H3,(H,20,25,26). The van der Waals surface area contributed by atoms with Gasteiger partial charge >= 0.3 is 5.69 Å². The van der Waals surface area contributed by atoms with Crippen molar-refractivity contribution in [3.05, 3.63) is 56.9 Å². The van der Waals surface area contributed by atoms with E-state index in [1.165, 1.54) is 16.8 Å². The van der Waals surface area contributed by atoms with Crippen LogP contribution in [-0.4, -0.2) is 56.7 Å². The Morgan fingerprint density at radius 3 is 2.85 bits per heavy atom. The number of piperazine rings is 1. The van der Waals surface area contributed by atoms with Crippen molar-refractivity contribution in [2.24, 2.45) is 0 Å². The summed E-state index contributed by atoms with van der Waals surface area (Å²) >= 11 is 0. The maximum absolute atomic E-state index is 12.1. The van der Waals surface area contributed by atoms with Gasteiger partial charge in [0.2, 0.25) is 0 Å². The molecule has 2 aromatic heterocycles. The molecule has 1 saturated heterocycles. The van der Waals surface area contributed by atoms with Crippen LogP contribution in [0, 0.1) is 0 Å². The van der Waals surface area contributed by atoms with Crippen LogP contribution in [0.5, 0.6) is 0 Å². The van der Waals surface area contributed by atoms with E-state index in [-0.39, 0.29) is 0 Å². The van der Waals surface area contributed by atoms with E-state index in [2.05, 4.69) is 33.8 Å². The Labute approximate surface area is 156 Å². The topological polar surface area (TPSA) is 87.4 Å². The minimum absolute atomic E-state index is 0.386. The molecule has 4 rings (SSSR count). The summed E-state index contributed by atoms with van der Waals surface area (Å²) in [7, 11) is 0. The first-order valence-corrected chi connectivity index (χ1v) is 9.22. The average molecular weight is 369 g/mol. The van der Waals surface area contributed by atoms with Crippen LogP contribution >= 0.6 is 0 Å². The lowest BCUT2D eigenvalue weighted by Crippen LogP contribution is -2.51. The molecule has 3 heterocycles. The molecule has 0 radical (unpaired) electrons. The lowest BCUT2D eigenvalue weighted by Gasteiger charge is -2.39. The first kappa shape index (κ1) is 17.7. The number of aromatic nitrogens is 3. The second kappa shape index (κ2) is 7.13. The maximum atomic E-state index is 12.1. The number of H-pyrrole nitrogens is 1. The van der Waals surface area contributed by atoms with Crippen LogP contribution in [0.2, 0.25) is 0 Å². The first-order chi connectivity index (χ1) is 13.0. The second-order valence-corrected chi connectivity index (χ2v) is 7.03. The highest BCUT2D eigenvalue weighted by Crippen LogP contribution is 2.23. The van der Waals surface area contributed by atoms with Gasteiger partial charge in [-0.15, -0.1) is 0 Å². The summed E-state index contributed by atoms with van der Waals surface area (Å²) in [5.41, 5.74) is 0.772. The molecule has 27 heavy (non-hydrogen) atoms. The van der Waals surface area contributed by atoms with Crippen LogP contribution in [0.1, 0.15) is 19.4 Å². The lowest BCUT2D eigenvalue weighted by atomic mass is 10.1. The van der Waals surface area contributed by atoms with Crippen molar-refractivity contribution in [3.63, 3.8) is 0 Å². The lowest BCUT2D eigenvalue weighted by molar-refractivity contribution is 0.0812. The van der Waals surface area contributed by atoms with Gasteiger partial charge in [-0.05, 0) is 31.2 Å². The van der Waals surface area contributed by atoms with Gasteiger partial charge in [-0.25, -0.2) is 9.36 Å². The number of aromatic amines is 1. The van der Waals surface area contributed by atoms with Crippen molar-refractivity contribution in [3.8, 4) is 5.82 Å². The van der Waals surface area contributed by atoms with Gasteiger partial charge in [-0.1, -0.05) is 18.1 Å². The van der Waals surface area contributed by atoms with Gasteiger partial charge < -0.3 is 9.42 Å². The molecule has 0 saturated carbocycles. The van der Waals surface area contributed by atoms with Crippen LogP contribution in [0.25, 0.3) is 16.8 Å². The summed E-state index contributed by atoms with van der Waals surface area (Å²) in [6, 6.07) is 7.70. The fourth-order valence-electron chi connectivity index (χ4n) is 3.66. The fourth-order valence-corrected chi connectivity index (χ4v) is 3.66. The van der Waals surface area contributed by atoms with Crippen molar-refractivity contribution >= 4 is 11.0 Å². The third-order valence-electron chi connectivity index (χ3n) is 5.25. The number of nitrogens with zero attached hydrogens (tertiary/aromatic N) is 4. The molecular weight excluding hydrogens is 346 g/mol. The Bertz CT molecular complexity index is 1070. The van der Waals surface area contributed by atoms with Gasteiger partial charge in [-0.2, -0.15) is 0 Å². The normalized spacial score (nSPS) is 19.0. The van der Waals surface area contributed by atoms with Gasteiger partial charge in [0.1, 0.15) is 0 Å². The van der Waals surface area contributed by atoms with Crippen LogP contribution < -0.4 is 11.2 Å². The Morgan fingerprint density at radius 2 is 2.11 bits per heavy atom. The Hall–Kier alpha value is -2.71. The summed E-state index contributed by atoms with van der Waals surface area (Å²) in [6.45, 7) is 9.55. The fraction of sp³-hybridized carbons (Fsp3) is 0.421. The van der Waals surface area contributed by atoms with Gasteiger partial charge in [0.15, 0.2) is 11.4 Å². The van der Waals surface area contributed by atoms with Gasteiger partial charge in [-0.3, -0.25) is 14.7 Å². The van der Waals surface area contributed by atoms with Crippen LogP contribution in [0.3, 0.4) is 0 Å². The minimum atomic E-state index is -0.535. The SMILES string of the molecule is CCN1CCN(Cc2ccc3onc(-n4ccc(=O)[nH]c4=O)c3c2)C(C)C1. The monoisotopic (exact) mass is 369 g/mol. The third-order valence-corrected chi connectivity index (χ3v) is 5.25. The van der Waals surface area contributed by atoms with Crippen molar-refractivity contribution in [1.29, 1.82) is 0 Å². The molecule has 0 spiro atoms. The van der Waals surface area contributed by atoms with E-state index in [1.54, 1.807) is 0 Å². The van der Waals surface area contributed by atoms with Crippen molar-refractivity contribution in [2.45, 2.75) is 26.4 Å². The number of likely N-dealkylation sites (N-methyl/N-ethyl adjacent to an activating group) is 1. The van der Waals surface area contributed by atoms with Crippen molar-refractivity contribution < 1.29 is 4.52 Å². The Balaban J connectivity index is 1.64. The van der Waals surface area contributed by atoms with Crippen LogP contribution in [0.15, 0.2) is 44.6 Å². The third kappa shape index (κ3) is 3.45. The molecule has 1 aliphatic heterocycles. The van der Waals surface area contributed by atoms with E-state index < -0.39 is 11.2 Å². The van der Waals surface area contributed by atoms with E-state index in [0.717, 1.165) is 43.7 Å². The molecule has 1 aromatic carbocycles. The number of hydrogen-bond acceptors (Lipinski definition) is 6. The zero-order valence-electron chi connectivity index (χ0n) is 15.5. The second-order valence-electron chi connectivity index (χ2n) is 7.03. The highest BCUT2D eigenvalue weighted by molar-refractivity contribution is 5.84. The molecule has 8 heteroatoms. The Morgan fingerprint density at radius 1 is 1.26 bits per heavy atom. The molecule has 8 nitrogen and oxygen atoms in total. The predicted molar refractivity (Wildman–Crippen MR) is 102 cm³/mol. The minimum Gasteiger partial charge on any atom is -0.354 e. The average Bonchev–Trinajstić information content (AvgIpc) is 3.06. The molecule has 1 N–H and O–H groups in total. The van der Waals surface area contributed by atoms with E-state index in [9.17, 15) is 9.59 Å². The first-order valence-electron chi connectivity index (χ1n) is 9.22. The molecule has 0 aliphatic carbocycles. The molecule has 1 fully saturated rings. The number of rotatable bonds is 4. The van der Waals surface area contributed by atoms with Crippen molar-refractivity contribution in [1.82, 2.24) is 24.5 Å². The number of nitrogens with one attached hydrogen (secondary N) is 1. The summed E-state index contributed by atoms with van der Waals surface area (Å²) in [6.07, 6.45) is 1.41. The van der Waals surface area contributed by atoms with E-state index in [4.69, 9.17) is 4.52 Å². The molecule has 1 aliphatic rings. The number of benzene rings is 1. The quantitative estimate of drug-likeness (QED) is 0.743. The smallest absolute Gasteiger partial charge is 0.334 e. The zero-order valence-corrected chi connectivity index (χ0v) is 15.5. The maximum Gasteiger partial charge on any atom is 0.334 e. The van der Waals surface area contributed by atoms with E-state index in [1.807, 2.05) is 18.2 Å². The van der Waals surface area contributed by atoms with Gasteiger partial charge in [0.25, 0.3) is 5.56 Å². The summed E-state index contributed by atoms with van der Waals surface area (Å²) in [5.74, 6) is 0.386. The van der Waals surface area contributed by atoms with E-state index >= 15 is 0 Å². The van der Waals surface area contributed by atoms with E-state index in [0.29, 0.717) is 17.4 Å². The predicted octanol–water partition coefficient (Wildman–Crippen LogP) is 1.19. The zero-order chi connectivity index (χ0) is 19.0.